The van der Waals surface area contributed by atoms with E-state index < -0.39 is 28.9 Å². The summed E-state index contributed by atoms with van der Waals surface area (Å²) in [5.41, 5.74) is 6.23. The second-order valence-electron chi connectivity index (χ2n) is 13.6. The number of nitrogens with two attached hydrogens (primary N) is 1. The molecule has 0 spiro atoms. The van der Waals surface area contributed by atoms with Crippen molar-refractivity contribution in [1.82, 2.24) is 25.0 Å². The van der Waals surface area contributed by atoms with Crippen LogP contribution in [0.1, 0.15) is 58.8 Å². The number of nitrogens with zero attached hydrogens (tertiary/aromatic N) is 6. The van der Waals surface area contributed by atoms with E-state index in [4.69, 9.17) is 15.7 Å². The van der Waals surface area contributed by atoms with Gasteiger partial charge in [-0.1, -0.05) is 5.16 Å². The second-order valence-corrected chi connectivity index (χ2v) is 16.0. The van der Waals surface area contributed by atoms with Gasteiger partial charge in [0.25, 0.3) is 11.8 Å². The normalized spacial score (nSPS) is 21.8. The number of carbonyl (C=O) groups excluding carboxylic acids is 2. The number of rotatable bonds is 11. The van der Waals surface area contributed by atoms with Gasteiger partial charge >= 0.3 is 5.97 Å². The van der Waals surface area contributed by atoms with Crippen LogP contribution in [0.3, 0.4) is 0 Å². The number of benzene rings is 1. The monoisotopic (exact) mass is 741 g/mol. The number of hydrogen-bond acceptors (Lipinski definition) is 13. The third-order valence-electron chi connectivity index (χ3n) is 9.77. The molecule has 3 aliphatic rings. The van der Waals surface area contributed by atoms with Crippen LogP contribution < -0.4 is 16.5 Å². The molecule has 0 unspecified atom stereocenters. The number of carboxylic acid groups (broad SMARTS) is 1. The number of amides is 2. The molecular weight excluding hydrogens is 701 g/mol. The number of aromatic hydroxyl groups is 2. The van der Waals surface area contributed by atoms with Gasteiger partial charge in [-0.05, 0) is 40.7 Å². The van der Waals surface area contributed by atoms with Crippen molar-refractivity contribution >= 4 is 62.6 Å². The van der Waals surface area contributed by atoms with Crippen LogP contribution in [0.2, 0.25) is 0 Å². The quantitative estimate of drug-likeness (QED) is 0.0628. The Hall–Kier alpha value is -4.68. The summed E-state index contributed by atoms with van der Waals surface area (Å²) in [5.74, 6) is -3.03. The number of likely N-dealkylation sites (tertiary alicyclic amines) is 1. The molecule has 3 atom stereocenters. The molecule has 0 aliphatic carbocycles. The summed E-state index contributed by atoms with van der Waals surface area (Å²) in [6.45, 7) is 11.5. The molecule has 2 aromatic heterocycles. The fraction of sp³-hybridized carbons (Fsp3) is 0.485. The predicted molar refractivity (Wildman–Crippen MR) is 191 cm³/mol. The maximum atomic E-state index is 13.7. The fourth-order valence-corrected chi connectivity index (χ4v) is 8.95. The molecule has 1 aromatic carbocycles. The Morgan fingerprint density at radius 1 is 1.18 bits per heavy atom. The van der Waals surface area contributed by atoms with E-state index in [1.165, 1.54) is 31.4 Å². The van der Waals surface area contributed by atoms with E-state index in [9.17, 15) is 34.5 Å². The molecule has 0 bridgehead atoms. The summed E-state index contributed by atoms with van der Waals surface area (Å²) in [6.07, 6.45) is 1.94. The van der Waals surface area contributed by atoms with Crippen LogP contribution in [0.25, 0.3) is 10.9 Å². The molecule has 6 N–H and O–H groups in total. The van der Waals surface area contributed by atoms with Crippen molar-refractivity contribution in [3.8, 4) is 11.5 Å². The van der Waals surface area contributed by atoms with Crippen LogP contribution in [0.4, 0.5) is 5.13 Å². The lowest BCUT2D eigenvalue weighted by Gasteiger charge is -2.52. The first-order valence-electron chi connectivity index (χ1n) is 16.6. The van der Waals surface area contributed by atoms with Crippen LogP contribution in [-0.4, -0.2) is 105 Å². The number of hydrogen-bond donors (Lipinski definition) is 5. The number of allylic oxidation sites excluding steroid dienone is 1. The smallest absolute Gasteiger partial charge is 0.350 e. The summed E-state index contributed by atoms with van der Waals surface area (Å²) >= 11 is 2.61. The molecule has 3 aromatic rings. The topological polar surface area (TPSA) is 223 Å². The third kappa shape index (κ3) is 6.62. The van der Waals surface area contributed by atoms with Crippen LogP contribution in [-0.2, 0) is 32.3 Å². The van der Waals surface area contributed by atoms with Gasteiger partial charge in [0, 0.05) is 47.4 Å². The standard InChI is InChI=1S/C33H40N8O8S2/c1-6-39-22-12-24(43)23(42)11-18(22)27(44)20(37-39)14-41(9-7-8-10-41)13-19-16(2)40-29(46)26(30(40)51-17(19)3)36-28(45)25(21-15-50-32(34)35-21)38-49-33(4,5)31(47)48/h11-12,15,17,26,30H,6-10,13-14H2,1-5H3,(H5-,34,35,36,37,38,42,43,44,45,47,48)/p+1/t17-,26+,30+/m0/s1. The minimum absolute atomic E-state index is 0.0303. The number of nitrogen functional groups attached to an aromatic ring is 1. The average molecular weight is 742 g/mol. The molecule has 0 radical (unpaired) electrons. The van der Waals surface area contributed by atoms with Gasteiger partial charge in [-0.2, -0.15) is 5.10 Å². The molecule has 18 heteroatoms. The zero-order valence-electron chi connectivity index (χ0n) is 28.9. The molecule has 16 nitrogen and oxygen atoms in total. The highest BCUT2D eigenvalue weighted by Crippen LogP contribution is 2.45. The molecule has 5 heterocycles. The first-order chi connectivity index (χ1) is 24.1. The van der Waals surface area contributed by atoms with Crippen LogP contribution in [0, 0.1) is 0 Å². The highest BCUT2D eigenvalue weighted by Gasteiger charge is 2.54. The number of β-lactam (4-membered cyclic amide) rings is 1. The second kappa shape index (κ2) is 13.5. The number of aryl methyl sites for hydroxylation is 1. The van der Waals surface area contributed by atoms with Gasteiger partial charge < -0.3 is 35.7 Å². The Balaban J connectivity index is 1.24. The average Bonchev–Trinajstić information content (AvgIpc) is 3.72. The summed E-state index contributed by atoms with van der Waals surface area (Å²) in [6, 6.07) is 1.77. The zero-order chi connectivity index (χ0) is 37.0. The molecule has 6 rings (SSSR count). The Labute approximate surface area is 301 Å². The largest absolute Gasteiger partial charge is 0.504 e. The molecule has 0 saturated carbocycles. The number of phenolic OH excluding ortho intramolecular Hbond substituents is 2. The van der Waals surface area contributed by atoms with Crippen molar-refractivity contribution in [2.45, 2.75) is 82.8 Å². The maximum absolute atomic E-state index is 13.7. The van der Waals surface area contributed by atoms with Crippen molar-refractivity contribution in [3.63, 3.8) is 0 Å². The number of phenols is 2. The lowest BCUT2D eigenvalue weighted by molar-refractivity contribution is -0.925. The number of carboxylic acids is 1. The van der Waals surface area contributed by atoms with Crippen LogP contribution in [0.5, 0.6) is 11.5 Å². The lowest BCUT2D eigenvalue weighted by Crippen LogP contribution is -2.71. The van der Waals surface area contributed by atoms with Crippen molar-refractivity contribution in [2.75, 3.05) is 25.4 Å². The molecule has 2 fully saturated rings. The number of aliphatic carboxylic acids is 1. The van der Waals surface area contributed by atoms with Gasteiger partial charge in [-0.3, -0.25) is 24.0 Å². The first kappa shape index (κ1) is 36.1. The summed E-state index contributed by atoms with van der Waals surface area (Å²) in [5, 5.41) is 42.5. The number of thiazole rings is 1. The highest BCUT2D eigenvalue weighted by atomic mass is 32.2. The first-order valence-corrected chi connectivity index (χ1v) is 18.4. The number of oxime groups is 1. The van der Waals surface area contributed by atoms with E-state index in [2.05, 4.69) is 22.4 Å². The zero-order valence-corrected chi connectivity index (χ0v) is 30.5. The van der Waals surface area contributed by atoms with Crippen molar-refractivity contribution < 1.29 is 39.0 Å². The number of anilines is 1. The minimum Gasteiger partial charge on any atom is -0.504 e. The number of fused-ring (bicyclic) bond motifs is 2. The predicted octanol–water partition coefficient (Wildman–Crippen LogP) is 2.32. The van der Waals surface area contributed by atoms with Gasteiger partial charge in [-0.15, -0.1) is 23.1 Å². The number of aromatic nitrogens is 3. The van der Waals surface area contributed by atoms with Crippen LogP contribution in [0.15, 0.2) is 38.7 Å². The third-order valence-corrected chi connectivity index (χ3v) is 11.9. The summed E-state index contributed by atoms with van der Waals surface area (Å²) in [7, 11) is 0. The van der Waals surface area contributed by atoms with E-state index >= 15 is 0 Å². The van der Waals surface area contributed by atoms with Gasteiger partial charge in [0.15, 0.2) is 28.0 Å². The molecule has 2 amide bonds. The number of thioether (sulfide) groups is 1. The van der Waals surface area contributed by atoms with E-state index in [1.807, 2.05) is 13.8 Å². The Morgan fingerprint density at radius 2 is 1.86 bits per heavy atom. The van der Waals surface area contributed by atoms with Gasteiger partial charge in [0.05, 0.1) is 24.0 Å². The number of quaternary nitrogens is 1. The van der Waals surface area contributed by atoms with E-state index in [0.717, 1.165) is 48.5 Å². The summed E-state index contributed by atoms with van der Waals surface area (Å²) in [4.78, 5) is 63.5. The Bertz CT molecular complexity index is 2050. The van der Waals surface area contributed by atoms with Gasteiger partial charge in [0.2, 0.25) is 11.0 Å². The fourth-order valence-electron chi connectivity index (χ4n) is 6.85. The molecule has 3 aliphatic heterocycles. The van der Waals surface area contributed by atoms with E-state index in [-0.39, 0.29) is 50.0 Å². The maximum Gasteiger partial charge on any atom is 0.350 e. The van der Waals surface area contributed by atoms with Gasteiger partial charge in [-0.25, -0.2) is 9.78 Å². The number of carbonyl (C=O) groups is 3. The van der Waals surface area contributed by atoms with E-state index in [0.29, 0.717) is 35.3 Å². The SMILES string of the molecule is CCn1nc(C[N+]2(CC3=C(C)N4C(=O)[C@@H](NC(=O)/C(=N\OC(C)(C)C(=O)O)c5csc(N)n5)[C@H]4S[C@H]3C)CCCC2)c(=O)c2cc(O)c(O)cc21. The minimum atomic E-state index is -1.73. The van der Waals surface area contributed by atoms with Crippen molar-refractivity contribution in [3.05, 3.63) is 50.4 Å². The molecule has 51 heavy (non-hydrogen) atoms. The van der Waals surface area contributed by atoms with E-state index in [1.54, 1.807) is 21.3 Å². The lowest BCUT2D eigenvalue weighted by atomic mass is 10.00. The highest BCUT2D eigenvalue weighted by molar-refractivity contribution is 8.00. The molecular formula is C33H41N8O8S2+. The van der Waals surface area contributed by atoms with Crippen molar-refractivity contribution in [1.29, 1.82) is 0 Å². The van der Waals surface area contributed by atoms with Gasteiger partial charge in [0.1, 0.15) is 30.2 Å². The Morgan fingerprint density at radius 3 is 2.49 bits per heavy atom. The number of nitrogens with one attached hydrogen (secondary N) is 1. The molecule has 272 valence electrons. The summed E-state index contributed by atoms with van der Waals surface area (Å²) < 4.78 is 2.24. The van der Waals surface area contributed by atoms with Crippen LogP contribution >= 0.6 is 23.1 Å². The Kier molecular flexibility index (Phi) is 9.53. The molecule has 2 saturated heterocycles. The van der Waals surface area contributed by atoms with Crippen molar-refractivity contribution in [2.24, 2.45) is 5.16 Å².